The molecule has 7 nitrogen and oxygen atoms in total. The number of nitrogens with zero attached hydrogens (tertiary/aromatic N) is 5. The number of aryl methyl sites for hydroxylation is 1. The first kappa shape index (κ1) is 18.7. The number of ether oxygens (including phenoxy) is 1. The Kier molecular flexibility index (Phi) is 6.25. The Hall–Kier alpha value is -3.09. The van der Waals surface area contributed by atoms with Crippen molar-refractivity contribution in [2.45, 2.75) is 19.4 Å². The molecule has 0 aliphatic carbocycles. The first-order valence-corrected chi connectivity index (χ1v) is 9.04. The molecule has 142 valence electrons. The molecule has 0 radical (unpaired) electrons. The fourth-order valence-electron chi connectivity index (χ4n) is 2.97. The minimum atomic E-state index is 0.776. The van der Waals surface area contributed by atoms with Gasteiger partial charge in [-0.2, -0.15) is 0 Å². The zero-order chi connectivity index (χ0) is 19.1. The van der Waals surface area contributed by atoms with Crippen molar-refractivity contribution in [3.05, 3.63) is 60.0 Å². The standard InChI is InChI=1S/C20H26N6O/c1-21-20(25(2)15-16-9-11-17(27-3)12-10-16)22-13-6-8-19-24-23-18-7-4-5-14-26(18)19/h4-5,7,9-12,14H,6,8,13,15H2,1-3H3,(H,21,22). The van der Waals surface area contributed by atoms with E-state index in [0.29, 0.717) is 0 Å². The molecule has 3 rings (SSSR count). The van der Waals surface area contributed by atoms with E-state index in [0.717, 1.165) is 49.1 Å². The maximum absolute atomic E-state index is 5.20. The Labute approximate surface area is 159 Å². The zero-order valence-electron chi connectivity index (χ0n) is 16.1. The van der Waals surface area contributed by atoms with Crippen LogP contribution in [-0.2, 0) is 13.0 Å². The maximum atomic E-state index is 5.20. The molecule has 0 amide bonds. The van der Waals surface area contributed by atoms with Crippen molar-refractivity contribution in [2.24, 2.45) is 4.99 Å². The van der Waals surface area contributed by atoms with E-state index in [2.05, 4.69) is 37.5 Å². The average Bonchev–Trinajstić information content (AvgIpc) is 3.12. The largest absolute Gasteiger partial charge is 0.497 e. The molecule has 7 heteroatoms. The summed E-state index contributed by atoms with van der Waals surface area (Å²) in [5.41, 5.74) is 2.09. The number of aliphatic imine (C=N–C) groups is 1. The van der Waals surface area contributed by atoms with Crippen LogP contribution in [0.4, 0.5) is 0 Å². The molecule has 0 spiro atoms. The summed E-state index contributed by atoms with van der Waals surface area (Å²) in [6.45, 7) is 1.60. The summed E-state index contributed by atoms with van der Waals surface area (Å²) >= 11 is 0. The van der Waals surface area contributed by atoms with Crippen molar-refractivity contribution in [1.82, 2.24) is 24.8 Å². The monoisotopic (exact) mass is 366 g/mol. The minimum Gasteiger partial charge on any atom is -0.497 e. The summed E-state index contributed by atoms with van der Waals surface area (Å²) in [7, 11) is 5.51. The molecule has 0 unspecified atom stereocenters. The maximum Gasteiger partial charge on any atom is 0.193 e. The van der Waals surface area contributed by atoms with Crippen molar-refractivity contribution >= 4 is 11.6 Å². The number of benzene rings is 1. The Balaban J connectivity index is 1.48. The van der Waals surface area contributed by atoms with Crippen molar-refractivity contribution in [1.29, 1.82) is 0 Å². The molecule has 0 aliphatic heterocycles. The molecule has 0 saturated heterocycles. The molecule has 0 saturated carbocycles. The van der Waals surface area contributed by atoms with E-state index in [1.165, 1.54) is 5.56 Å². The van der Waals surface area contributed by atoms with Crippen LogP contribution in [0.1, 0.15) is 17.8 Å². The van der Waals surface area contributed by atoms with E-state index in [9.17, 15) is 0 Å². The fraction of sp³-hybridized carbons (Fsp3) is 0.350. The summed E-state index contributed by atoms with van der Waals surface area (Å²) < 4.78 is 7.24. The van der Waals surface area contributed by atoms with E-state index >= 15 is 0 Å². The molecule has 27 heavy (non-hydrogen) atoms. The lowest BCUT2D eigenvalue weighted by Gasteiger charge is -2.22. The van der Waals surface area contributed by atoms with Crippen molar-refractivity contribution in [3.63, 3.8) is 0 Å². The third-order valence-electron chi connectivity index (χ3n) is 4.40. The van der Waals surface area contributed by atoms with Crippen LogP contribution in [0, 0.1) is 0 Å². The minimum absolute atomic E-state index is 0.776. The van der Waals surface area contributed by atoms with Crippen LogP contribution in [0.2, 0.25) is 0 Å². The van der Waals surface area contributed by atoms with Crippen molar-refractivity contribution in [3.8, 4) is 5.75 Å². The van der Waals surface area contributed by atoms with Crippen LogP contribution in [0.5, 0.6) is 5.75 Å². The van der Waals surface area contributed by atoms with Gasteiger partial charge in [-0.3, -0.25) is 9.39 Å². The molecular formula is C20H26N6O. The highest BCUT2D eigenvalue weighted by Gasteiger charge is 2.08. The lowest BCUT2D eigenvalue weighted by molar-refractivity contribution is 0.414. The lowest BCUT2D eigenvalue weighted by Crippen LogP contribution is -2.39. The second kappa shape index (κ2) is 9.02. The average molecular weight is 366 g/mol. The van der Waals surface area contributed by atoms with Gasteiger partial charge >= 0.3 is 0 Å². The van der Waals surface area contributed by atoms with Gasteiger partial charge in [-0.25, -0.2) is 0 Å². The molecule has 3 aromatic rings. The number of methoxy groups -OCH3 is 1. The molecule has 0 fully saturated rings. The van der Waals surface area contributed by atoms with Gasteiger partial charge in [-0.05, 0) is 36.2 Å². The van der Waals surface area contributed by atoms with E-state index in [-0.39, 0.29) is 0 Å². The molecule has 0 bridgehead atoms. The van der Waals surface area contributed by atoms with Crippen LogP contribution >= 0.6 is 0 Å². The van der Waals surface area contributed by atoms with E-state index in [1.54, 1.807) is 14.2 Å². The summed E-state index contributed by atoms with van der Waals surface area (Å²) in [6, 6.07) is 14.0. The van der Waals surface area contributed by atoms with E-state index in [1.807, 2.05) is 48.0 Å². The van der Waals surface area contributed by atoms with E-state index in [4.69, 9.17) is 4.74 Å². The molecule has 1 aromatic carbocycles. The smallest absolute Gasteiger partial charge is 0.193 e. The van der Waals surface area contributed by atoms with Gasteiger partial charge in [0, 0.05) is 39.8 Å². The van der Waals surface area contributed by atoms with Crippen LogP contribution in [0.25, 0.3) is 5.65 Å². The third kappa shape index (κ3) is 4.75. The molecule has 0 aliphatic rings. The number of fused-ring (bicyclic) bond motifs is 1. The van der Waals surface area contributed by atoms with Crippen LogP contribution in [0.3, 0.4) is 0 Å². The Morgan fingerprint density at radius 2 is 2.00 bits per heavy atom. The number of rotatable bonds is 7. The van der Waals surface area contributed by atoms with Gasteiger partial charge in [0.2, 0.25) is 0 Å². The number of pyridine rings is 1. The zero-order valence-corrected chi connectivity index (χ0v) is 16.1. The van der Waals surface area contributed by atoms with Crippen LogP contribution < -0.4 is 10.1 Å². The Morgan fingerprint density at radius 3 is 2.74 bits per heavy atom. The number of aromatic nitrogens is 3. The second-order valence-electron chi connectivity index (χ2n) is 6.33. The van der Waals surface area contributed by atoms with Crippen LogP contribution in [0.15, 0.2) is 53.7 Å². The highest BCUT2D eigenvalue weighted by molar-refractivity contribution is 5.79. The lowest BCUT2D eigenvalue weighted by atomic mass is 10.2. The Bertz CT molecular complexity index is 887. The summed E-state index contributed by atoms with van der Waals surface area (Å²) in [5, 5.41) is 11.9. The summed E-state index contributed by atoms with van der Waals surface area (Å²) in [6.07, 6.45) is 3.81. The second-order valence-corrected chi connectivity index (χ2v) is 6.33. The summed E-state index contributed by atoms with van der Waals surface area (Å²) in [4.78, 5) is 6.48. The fourth-order valence-corrected chi connectivity index (χ4v) is 2.97. The summed E-state index contributed by atoms with van der Waals surface area (Å²) in [5.74, 6) is 2.72. The molecule has 1 N–H and O–H groups in total. The molecule has 2 aromatic heterocycles. The van der Waals surface area contributed by atoms with Gasteiger partial charge < -0.3 is 15.0 Å². The van der Waals surface area contributed by atoms with Gasteiger partial charge in [0.15, 0.2) is 11.6 Å². The van der Waals surface area contributed by atoms with Crippen molar-refractivity contribution in [2.75, 3.05) is 27.7 Å². The third-order valence-corrected chi connectivity index (χ3v) is 4.40. The number of nitrogens with one attached hydrogen (secondary N) is 1. The van der Waals surface area contributed by atoms with Gasteiger partial charge in [-0.15, -0.1) is 10.2 Å². The molecule has 0 atom stereocenters. The predicted octanol–water partition coefficient (Wildman–Crippen LogP) is 2.38. The number of hydrogen-bond donors (Lipinski definition) is 1. The number of hydrogen-bond acceptors (Lipinski definition) is 4. The van der Waals surface area contributed by atoms with Crippen LogP contribution in [-0.4, -0.2) is 53.2 Å². The quantitative estimate of drug-likeness (QED) is 0.395. The SMILES string of the molecule is CN=C(NCCCc1nnc2ccccn12)N(C)Cc1ccc(OC)cc1. The van der Waals surface area contributed by atoms with Gasteiger partial charge in [0.1, 0.15) is 11.6 Å². The van der Waals surface area contributed by atoms with Gasteiger partial charge in [0.05, 0.1) is 7.11 Å². The van der Waals surface area contributed by atoms with Gasteiger partial charge in [-0.1, -0.05) is 18.2 Å². The number of guanidine groups is 1. The molecule has 2 heterocycles. The first-order valence-electron chi connectivity index (χ1n) is 9.04. The highest BCUT2D eigenvalue weighted by atomic mass is 16.5. The first-order chi connectivity index (χ1) is 13.2. The Morgan fingerprint density at radius 1 is 1.19 bits per heavy atom. The van der Waals surface area contributed by atoms with Gasteiger partial charge in [0.25, 0.3) is 0 Å². The van der Waals surface area contributed by atoms with E-state index < -0.39 is 0 Å². The topological polar surface area (TPSA) is 67.0 Å². The predicted molar refractivity (Wildman–Crippen MR) is 107 cm³/mol. The van der Waals surface area contributed by atoms with Crippen molar-refractivity contribution < 1.29 is 4.74 Å². The highest BCUT2D eigenvalue weighted by Crippen LogP contribution is 2.12. The molecular weight excluding hydrogens is 340 g/mol. The normalized spacial score (nSPS) is 11.6.